The monoisotopic (exact) mass is 326 g/mol. The van der Waals surface area contributed by atoms with Gasteiger partial charge in [-0.2, -0.15) is 0 Å². The van der Waals surface area contributed by atoms with Gasteiger partial charge in [-0.3, -0.25) is 0 Å². The molecule has 1 nitrogen and oxygen atoms in total. The first kappa shape index (κ1) is 15.6. The Kier molecular flexibility index (Phi) is 5.14. The van der Waals surface area contributed by atoms with E-state index in [0.717, 1.165) is 17.9 Å². The molecule has 1 aliphatic carbocycles. The van der Waals surface area contributed by atoms with Crippen LogP contribution in [-0.4, -0.2) is 17.6 Å². The van der Waals surface area contributed by atoms with Crippen LogP contribution in [0.4, 0.5) is 0 Å². The Morgan fingerprint density at radius 2 is 1.95 bits per heavy atom. The lowest BCUT2D eigenvalue weighted by Gasteiger charge is -2.25. The van der Waals surface area contributed by atoms with Crippen molar-refractivity contribution in [2.45, 2.75) is 63.1 Å². The maximum absolute atomic E-state index is 6.42. The molecule has 1 spiro atoms. The van der Waals surface area contributed by atoms with Gasteiger partial charge >= 0.3 is 0 Å². The van der Waals surface area contributed by atoms with Crippen LogP contribution in [0, 0.1) is 5.92 Å². The molecular formula is C18H24Cl2O. The highest BCUT2D eigenvalue weighted by atomic mass is 35.5. The fourth-order valence-electron chi connectivity index (χ4n) is 4.00. The van der Waals surface area contributed by atoms with Crippen molar-refractivity contribution in [1.82, 2.24) is 0 Å². The summed E-state index contributed by atoms with van der Waals surface area (Å²) < 4.78 is 6.42. The Morgan fingerprint density at radius 3 is 2.67 bits per heavy atom. The summed E-state index contributed by atoms with van der Waals surface area (Å²) in [6.07, 6.45) is 10.1. The van der Waals surface area contributed by atoms with E-state index in [1.54, 1.807) is 0 Å². The van der Waals surface area contributed by atoms with Gasteiger partial charge in [-0.15, -0.1) is 11.6 Å². The summed E-state index contributed by atoms with van der Waals surface area (Å²) in [7, 11) is 0. The number of ether oxygens (including phenoxy) is 1. The standard InChI is InChI=1S/C18H24Cl2O/c19-13-14(11-15-5-1-2-6-17(15)20)12-16-7-10-18(21-16)8-3-4-9-18/h1-2,5-6,14,16H,3-4,7-13H2. The molecule has 3 rings (SSSR count). The topological polar surface area (TPSA) is 9.23 Å². The van der Waals surface area contributed by atoms with E-state index in [-0.39, 0.29) is 5.60 Å². The van der Waals surface area contributed by atoms with E-state index in [1.807, 2.05) is 18.2 Å². The minimum atomic E-state index is 0.228. The Morgan fingerprint density at radius 1 is 1.19 bits per heavy atom. The van der Waals surface area contributed by atoms with Crippen LogP contribution in [0.3, 0.4) is 0 Å². The molecule has 116 valence electrons. The smallest absolute Gasteiger partial charge is 0.0687 e. The zero-order valence-electron chi connectivity index (χ0n) is 12.5. The lowest BCUT2D eigenvalue weighted by Crippen LogP contribution is -2.26. The predicted molar refractivity (Wildman–Crippen MR) is 89.3 cm³/mol. The predicted octanol–water partition coefficient (Wildman–Crippen LogP) is 5.62. The molecule has 0 bridgehead atoms. The van der Waals surface area contributed by atoms with Crippen LogP contribution in [-0.2, 0) is 11.2 Å². The lowest BCUT2D eigenvalue weighted by atomic mass is 9.93. The molecule has 2 unspecified atom stereocenters. The van der Waals surface area contributed by atoms with Gasteiger partial charge < -0.3 is 4.74 Å². The van der Waals surface area contributed by atoms with Gasteiger partial charge in [0, 0.05) is 10.9 Å². The zero-order chi connectivity index (χ0) is 14.7. The average molecular weight is 327 g/mol. The number of hydrogen-bond donors (Lipinski definition) is 0. The summed E-state index contributed by atoms with van der Waals surface area (Å²) in [6, 6.07) is 8.09. The third-order valence-electron chi connectivity index (χ3n) is 5.13. The fourth-order valence-corrected chi connectivity index (χ4v) is 4.44. The molecule has 1 saturated heterocycles. The summed E-state index contributed by atoms with van der Waals surface area (Å²) in [6.45, 7) is 0. The second-order valence-corrected chi connectivity index (χ2v) is 7.44. The Bertz CT molecular complexity index is 468. The molecule has 1 saturated carbocycles. The van der Waals surface area contributed by atoms with Crippen LogP contribution < -0.4 is 0 Å². The number of benzene rings is 1. The highest BCUT2D eigenvalue weighted by Gasteiger charge is 2.42. The molecule has 3 heteroatoms. The van der Waals surface area contributed by atoms with Crippen LogP contribution in [0.25, 0.3) is 0 Å². The average Bonchev–Trinajstić information content (AvgIpc) is 3.11. The summed E-state index contributed by atoms with van der Waals surface area (Å²) in [5, 5.41) is 0.854. The molecule has 1 aromatic rings. The van der Waals surface area contributed by atoms with Gasteiger partial charge in [-0.25, -0.2) is 0 Å². The van der Waals surface area contributed by atoms with E-state index in [4.69, 9.17) is 27.9 Å². The Hall–Kier alpha value is -0.240. The molecule has 0 radical (unpaired) electrons. The van der Waals surface area contributed by atoms with Crippen LogP contribution in [0.5, 0.6) is 0 Å². The molecule has 0 aromatic heterocycles. The van der Waals surface area contributed by atoms with E-state index in [9.17, 15) is 0 Å². The van der Waals surface area contributed by atoms with Gasteiger partial charge in [0.05, 0.1) is 11.7 Å². The third-order valence-corrected chi connectivity index (χ3v) is 5.94. The molecule has 1 aromatic carbocycles. The number of alkyl halides is 1. The first-order valence-corrected chi connectivity index (χ1v) is 9.09. The number of hydrogen-bond acceptors (Lipinski definition) is 1. The van der Waals surface area contributed by atoms with E-state index in [1.165, 1.54) is 44.1 Å². The SMILES string of the molecule is ClCC(Cc1ccccc1Cl)CC1CCC2(CCCC2)O1. The fraction of sp³-hybridized carbons (Fsp3) is 0.667. The summed E-state index contributed by atoms with van der Waals surface area (Å²) >= 11 is 12.5. The maximum atomic E-state index is 6.42. The number of rotatable bonds is 5. The van der Waals surface area contributed by atoms with Crippen LogP contribution >= 0.6 is 23.2 Å². The van der Waals surface area contributed by atoms with Crippen molar-refractivity contribution >= 4 is 23.2 Å². The lowest BCUT2D eigenvalue weighted by molar-refractivity contribution is -0.0432. The Balaban J connectivity index is 1.57. The van der Waals surface area contributed by atoms with E-state index in [2.05, 4.69) is 6.07 Å². The van der Waals surface area contributed by atoms with Crippen molar-refractivity contribution < 1.29 is 4.74 Å². The highest BCUT2D eigenvalue weighted by molar-refractivity contribution is 6.31. The van der Waals surface area contributed by atoms with Gasteiger partial charge in [0.1, 0.15) is 0 Å². The molecule has 2 aliphatic rings. The molecule has 21 heavy (non-hydrogen) atoms. The minimum Gasteiger partial charge on any atom is -0.372 e. The second-order valence-electron chi connectivity index (χ2n) is 6.72. The van der Waals surface area contributed by atoms with Gasteiger partial charge in [0.25, 0.3) is 0 Å². The van der Waals surface area contributed by atoms with Crippen molar-refractivity contribution in [3.05, 3.63) is 34.9 Å². The largest absolute Gasteiger partial charge is 0.372 e. The zero-order valence-corrected chi connectivity index (χ0v) is 14.0. The number of halogens is 2. The Labute approximate surface area is 138 Å². The summed E-state index contributed by atoms with van der Waals surface area (Å²) in [5.41, 5.74) is 1.43. The first-order valence-electron chi connectivity index (χ1n) is 8.18. The van der Waals surface area contributed by atoms with Crippen molar-refractivity contribution in [2.75, 3.05) is 5.88 Å². The van der Waals surface area contributed by atoms with Gasteiger partial charge in [-0.05, 0) is 56.1 Å². The first-order chi connectivity index (χ1) is 10.2. The summed E-state index contributed by atoms with van der Waals surface area (Å²) in [4.78, 5) is 0. The molecule has 1 heterocycles. The molecular weight excluding hydrogens is 303 g/mol. The normalized spacial score (nSPS) is 25.5. The van der Waals surface area contributed by atoms with E-state index < -0.39 is 0 Å². The molecule has 2 fully saturated rings. The van der Waals surface area contributed by atoms with Crippen molar-refractivity contribution in [3.8, 4) is 0 Å². The summed E-state index contributed by atoms with van der Waals surface area (Å²) in [5.74, 6) is 1.13. The van der Waals surface area contributed by atoms with Gasteiger partial charge in [0.2, 0.25) is 0 Å². The third kappa shape index (κ3) is 3.75. The van der Waals surface area contributed by atoms with Gasteiger partial charge in [-0.1, -0.05) is 42.6 Å². The maximum Gasteiger partial charge on any atom is 0.0687 e. The second kappa shape index (κ2) is 6.89. The quantitative estimate of drug-likeness (QED) is 0.638. The molecule has 2 atom stereocenters. The van der Waals surface area contributed by atoms with Crippen LogP contribution in [0.2, 0.25) is 5.02 Å². The highest BCUT2D eigenvalue weighted by Crippen LogP contribution is 2.44. The van der Waals surface area contributed by atoms with E-state index >= 15 is 0 Å². The molecule has 0 N–H and O–H groups in total. The molecule has 0 amide bonds. The van der Waals surface area contributed by atoms with Crippen LogP contribution in [0.15, 0.2) is 24.3 Å². The van der Waals surface area contributed by atoms with Crippen LogP contribution in [0.1, 0.15) is 50.5 Å². The minimum absolute atomic E-state index is 0.228. The van der Waals surface area contributed by atoms with Crippen molar-refractivity contribution in [2.24, 2.45) is 5.92 Å². The molecule has 1 aliphatic heterocycles. The van der Waals surface area contributed by atoms with E-state index in [0.29, 0.717) is 17.9 Å². The van der Waals surface area contributed by atoms with Crippen molar-refractivity contribution in [3.63, 3.8) is 0 Å². The van der Waals surface area contributed by atoms with Crippen molar-refractivity contribution in [1.29, 1.82) is 0 Å². The van der Waals surface area contributed by atoms with Gasteiger partial charge in [0.15, 0.2) is 0 Å².